The molecule has 0 unspecified atom stereocenters. The molecule has 0 radical (unpaired) electrons. The third-order valence-corrected chi connectivity index (χ3v) is 5.66. The summed E-state index contributed by atoms with van der Waals surface area (Å²) in [5, 5.41) is 14.2. The lowest BCUT2D eigenvalue weighted by Crippen LogP contribution is -2.43. The van der Waals surface area contributed by atoms with Crippen LogP contribution in [0.1, 0.15) is 41.4 Å². The molecule has 0 saturated carbocycles. The monoisotopic (exact) mass is 376 g/mol. The molecule has 2 aliphatic rings. The van der Waals surface area contributed by atoms with E-state index in [0.29, 0.717) is 23.2 Å². The van der Waals surface area contributed by atoms with Crippen LogP contribution in [-0.4, -0.2) is 16.6 Å². The number of nitrogens with zero attached hydrogens (tertiary/aromatic N) is 1. The third kappa shape index (κ3) is 3.22. The predicted molar refractivity (Wildman–Crippen MR) is 104 cm³/mol. The molecule has 1 amide bonds. The Morgan fingerprint density at radius 3 is 2.50 bits per heavy atom. The number of piperidine rings is 1. The van der Waals surface area contributed by atoms with Crippen molar-refractivity contribution in [2.45, 2.75) is 31.6 Å². The Bertz CT molecular complexity index is 997. The first-order valence-corrected chi connectivity index (χ1v) is 9.28. The van der Waals surface area contributed by atoms with Gasteiger partial charge in [-0.05, 0) is 18.1 Å². The first-order valence-electron chi connectivity index (χ1n) is 9.28. The highest BCUT2D eigenvalue weighted by atomic mass is 16.6. The molecule has 142 valence electrons. The maximum atomic E-state index is 13.1. The van der Waals surface area contributed by atoms with Gasteiger partial charge in [0.15, 0.2) is 0 Å². The molecule has 6 nitrogen and oxygen atoms in total. The largest absolute Gasteiger partial charge is 0.329 e. The van der Waals surface area contributed by atoms with Crippen molar-refractivity contribution >= 4 is 17.4 Å². The number of carbonyl (C=O) groups excluding carboxylic acids is 2. The standard InChI is InChI=1S/C22H20N2O4/c1-13-7-8-15(10-19(13)24(27)28)17-12-21(26)23-18-9-16(11-20(25)22(17)18)14-5-3-2-4-6-14/h2-10,16-17,22H,11-12H2,1H3,(H,23,26)/t16-,17-,22+/m1/s1. The van der Waals surface area contributed by atoms with E-state index in [1.54, 1.807) is 19.1 Å². The molecule has 2 aromatic rings. The number of rotatable bonds is 3. The minimum absolute atomic E-state index is 0.0134. The average Bonchev–Trinajstić information content (AvgIpc) is 2.67. The second-order valence-corrected chi connectivity index (χ2v) is 7.45. The molecular weight excluding hydrogens is 356 g/mol. The zero-order chi connectivity index (χ0) is 19.8. The second kappa shape index (κ2) is 7.03. The van der Waals surface area contributed by atoms with Crippen LogP contribution in [-0.2, 0) is 9.59 Å². The summed E-state index contributed by atoms with van der Waals surface area (Å²) in [7, 11) is 0. The van der Waals surface area contributed by atoms with Gasteiger partial charge in [-0.1, -0.05) is 48.5 Å². The summed E-state index contributed by atoms with van der Waals surface area (Å²) in [4.78, 5) is 36.3. The number of aryl methyl sites for hydroxylation is 1. The summed E-state index contributed by atoms with van der Waals surface area (Å²) in [6, 6.07) is 14.7. The molecule has 1 saturated heterocycles. The Morgan fingerprint density at radius 2 is 1.79 bits per heavy atom. The molecule has 28 heavy (non-hydrogen) atoms. The van der Waals surface area contributed by atoms with E-state index in [-0.39, 0.29) is 35.6 Å². The highest BCUT2D eigenvalue weighted by Gasteiger charge is 2.42. The van der Waals surface area contributed by atoms with Gasteiger partial charge in [0.25, 0.3) is 5.69 Å². The van der Waals surface area contributed by atoms with Gasteiger partial charge in [0.05, 0.1) is 10.8 Å². The maximum absolute atomic E-state index is 13.1. The van der Waals surface area contributed by atoms with Gasteiger partial charge in [-0.25, -0.2) is 0 Å². The van der Waals surface area contributed by atoms with Crippen molar-refractivity contribution in [3.05, 3.63) is 87.1 Å². The van der Waals surface area contributed by atoms with E-state index in [1.165, 1.54) is 6.07 Å². The lowest BCUT2D eigenvalue weighted by atomic mass is 9.70. The lowest BCUT2D eigenvalue weighted by Gasteiger charge is -2.37. The van der Waals surface area contributed by atoms with Crippen LogP contribution in [0.2, 0.25) is 0 Å². The number of ketones is 1. The molecule has 1 N–H and O–H groups in total. The van der Waals surface area contributed by atoms with Gasteiger partial charge in [0.2, 0.25) is 5.91 Å². The van der Waals surface area contributed by atoms with Crippen molar-refractivity contribution in [1.82, 2.24) is 5.32 Å². The van der Waals surface area contributed by atoms with Crippen molar-refractivity contribution in [3.8, 4) is 0 Å². The van der Waals surface area contributed by atoms with Crippen LogP contribution in [0.3, 0.4) is 0 Å². The van der Waals surface area contributed by atoms with E-state index in [1.807, 2.05) is 36.4 Å². The number of nitro groups is 1. The number of Topliss-reactive ketones (excluding diaryl/α,β-unsaturated/α-hetero) is 1. The number of nitro benzene ring substituents is 1. The Hall–Kier alpha value is -3.28. The number of benzene rings is 2. The Balaban J connectivity index is 1.74. The lowest BCUT2D eigenvalue weighted by molar-refractivity contribution is -0.385. The summed E-state index contributed by atoms with van der Waals surface area (Å²) in [6.45, 7) is 1.68. The molecule has 0 spiro atoms. The van der Waals surface area contributed by atoms with E-state index >= 15 is 0 Å². The Morgan fingerprint density at radius 1 is 1.04 bits per heavy atom. The molecule has 4 rings (SSSR count). The first kappa shape index (κ1) is 18.1. The predicted octanol–water partition coefficient (Wildman–Crippen LogP) is 3.76. The summed E-state index contributed by atoms with van der Waals surface area (Å²) in [6.07, 6.45) is 2.47. The number of hydrogen-bond donors (Lipinski definition) is 1. The minimum atomic E-state index is -0.472. The molecule has 0 bridgehead atoms. The van der Waals surface area contributed by atoms with Gasteiger partial charge < -0.3 is 5.32 Å². The average molecular weight is 376 g/mol. The topological polar surface area (TPSA) is 89.3 Å². The van der Waals surface area contributed by atoms with Crippen LogP contribution >= 0.6 is 0 Å². The third-order valence-electron chi connectivity index (χ3n) is 5.66. The fraction of sp³-hybridized carbons (Fsp3) is 0.273. The van der Waals surface area contributed by atoms with Crippen molar-refractivity contribution in [2.24, 2.45) is 5.92 Å². The van der Waals surface area contributed by atoms with Gasteiger partial charge in [-0.3, -0.25) is 19.7 Å². The van der Waals surface area contributed by atoms with E-state index in [2.05, 4.69) is 5.32 Å². The maximum Gasteiger partial charge on any atom is 0.272 e. The quantitative estimate of drug-likeness (QED) is 0.652. The number of amides is 1. The van der Waals surface area contributed by atoms with Crippen LogP contribution < -0.4 is 5.32 Å². The summed E-state index contributed by atoms with van der Waals surface area (Å²) >= 11 is 0. The van der Waals surface area contributed by atoms with E-state index < -0.39 is 10.8 Å². The SMILES string of the molecule is Cc1ccc([C@H]2CC(=O)NC3=C[C@@H](c4ccccc4)CC(=O)[C@H]32)cc1[N+](=O)[O-]. The zero-order valence-electron chi connectivity index (χ0n) is 15.4. The van der Waals surface area contributed by atoms with Gasteiger partial charge in [-0.15, -0.1) is 0 Å². The van der Waals surface area contributed by atoms with Gasteiger partial charge in [0.1, 0.15) is 5.78 Å². The highest BCUT2D eigenvalue weighted by molar-refractivity contribution is 5.92. The van der Waals surface area contributed by atoms with Crippen molar-refractivity contribution in [3.63, 3.8) is 0 Å². The molecule has 1 aliphatic heterocycles. The van der Waals surface area contributed by atoms with E-state index in [0.717, 1.165) is 5.56 Å². The van der Waals surface area contributed by atoms with Crippen LogP contribution in [0.5, 0.6) is 0 Å². The number of hydrogen-bond acceptors (Lipinski definition) is 4. The van der Waals surface area contributed by atoms with E-state index in [4.69, 9.17) is 0 Å². The van der Waals surface area contributed by atoms with Crippen LogP contribution in [0.4, 0.5) is 5.69 Å². The molecule has 1 aliphatic carbocycles. The Kier molecular flexibility index (Phi) is 4.55. The fourth-order valence-corrected chi connectivity index (χ4v) is 4.27. The number of allylic oxidation sites excluding steroid dienone is 2. The molecule has 3 atom stereocenters. The highest BCUT2D eigenvalue weighted by Crippen LogP contribution is 2.43. The summed E-state index contributed by atoms with van der Waals surface area (Å²) < 4.78 is 0. The summed E-state index contributed by atoms with van der Waals surface area (Å²) in [5.41, 5.74) is 2.89. The minimum Gasteiger partial charge on any atom is -0.329 e. The smallest absolute Gasteiger partial charge is 0.272 e. The van der Waals surface area contributed by atoms with Crippen LogP contribution in [0.25, 0.3) is 0 Å². The van der Waals surface area contributed by atoms with Crippen LogP contribution in [0, 0.1) is 23.0 Å². The molecule has 6 heteroatoms. The molecule has 2 aromatic carbocycles. The molecular formula is C22H20N2O4. The number of carbonyl (C=O) groups is 2. The van der Waals surface area contributed by atoms with Gasteiger partial charge >= 0.3 is 0 Å². The normalized spacial score (nSPS) is 24.2. The first-order chi connectivity index (χ1) is 13.4. The molecule has 1 heterocycles. The zero-order valence-corrected chi connectivity index (χ0v) is 15.4. The van der Waals surface area contributed by atoms with Crippen molar-refractivity contribution < 1.29 is 14.5 Å². The van der Waals surface area contributed by atoms with Gasteiger partial charge in [0, 0.05) is 42.0 Å². The second-order valence-electron chi connectivity index (χ2n) is 7.45. The summed E-state index contributed by atoms with van der Waals surface area (Å²) in [5.74, 6) is -1.05. The Labute approximate surface area is 162 Å². The van der Waals surface area contributed by atoms with Crippen molar-refractivity contribution in [2.75, 3.05) is 0 Å². The number of nitrogens with one attached hydrogen (secondary N) is 1. The molecule has 0 aromatic heterocycles. The van der Waals surface area contributed by atoms with Crippen molar-refractivity contribution in [1.29, 1.82) is 0 Å². The van der Waals surface area contributed by atoms with Crippen LogP contribution in [0.15, 0.2) is 60.3 Å². The van der Waals surface area contributed by atoms with E-state index in [9.17, 15) is 19.7 Å². The van der Waals surface area contributed by atoms with Gasteiger partial charge in [-0.2, -0.15) is 0 Å². The number of fused-ring (bicyclic) bond motifs is 1. The molecule has 1 fully saturated rings. The fourth-order valence-electron chi connectivity index (χ4n) is 4.27.